The lowest BCUT2D eigenvalue weighted by Gasteiger charge is -2.21. The maximum absolute atomic E-state index is 13.2. The number of hydrogen-bond acceptors (Lipinski definition) is 5. The molecule has 0 radical (unpaired) electrons. The smallest absolute Gasteiger partial charge is 0.394 e. The molecule has 0 saturated carbocycles. The summed E-state index contributed by atoms with van der Waals surface area (Å²) in [6, 6.07) is 3.83. The molecule has 0 saturated heterocycles. The molecular weight excluding hydrogens is 376 g/mol. The van der Waals surface area contributed by atoms with Gasteiger partial charge in [-0.05, 0) is 24.1 Å². The van der Waals surface area contributed by atoms with Gasteiger partial charge in [0.1, 0.15) is 11.6 Å². The molecule has 26 heavy (non-hydrogen) atoms. The van der Waals surface area contributed by atoms with E-state index in [2.05, 4.69) is 20.6 Å². The van der Waals surface area contributed by atoms with Crippen LogP contribution in [-0.2, 0) is 6.18 Å². The van der Waals surface area contributed by atoms with E-state index < -0.39 is 23.7 Å². The van der Waals surface area contributed by atoms with Crippen molar-refractivity contribution in [3.63, 3.8) is 0 Å². The zero-order valence-electron chi connectivity index (χ0n) is 13.9. The van der Waals surface area contributed by atoms with Crippen molar-refractivity contribution in [1.82, 2.24) is 9.97 Å². The Hall–Kier alpha value is -2.13. The molecule has 5 nitrogen and oxygen atoms in total. The second-order valence-corrected chi connectivity index (χ2v) is 6.30. The second kappa shape index (κ2) is 8.05. The van der Waals surface area contributed by atoms with Gasteiger partial charge in [0, 0.05) is 11.8 Å². The van der Waals surface area contributed by atoms with Crippen molar-refractivity contribution in [2.24, 2.45) is 5.92 Å². The van der Waals surface area contributed by atoms with Crippen LogP contribution in [0.25, 0.3) is 0 Å². The number of aliphatic hydroxyl groups is 1. The van der Waals surface area contributed by atoms with E-state index in [0.29, 0.717) is 0 Å². The zero-order chi connectivity index (χ0) is 19.5. The van der Waals surface area contributed by atoms with E-state index in [9.17, 15) is 22.7 Å². The Morgan fingerprint density at radius 2 is 1.88 bits per heavy atom. The van der Waals surface area contributed by atoms with E-state index >= 15 is 0 Å². The number of nitrogens with zero attached hydrogens (tertiary/aromatic N) is 2. The van der Waals surface area contributed by atoms with E-state index in [4.69, 9.17) is 11.6 Å². The number of nitrogens with one attached hydrogen (secondary N) is 2. The molecule has 1 aromatic heterocycles. The molecule has 1 heterocycles. The van der Waals surface area contributed by atoms with Gasteiger partial charge < -0.3 is 15.7 Å². The monoisotopic (exact) mass is 392 g/mol. The lowest BCUT2D eigenvalue weighted by atomic mass is 10.1. The number of anilines is 3. The van der Waals surface area contributed by atoms with Crippen LogP contribution in [0.1, 0.15) is 19.5 Å². The van der Waals surface area contributed by atoms with E-state index in [0.717, 1.165) is 12.1 Å². The quantitative estimate of drug-likeness (QED) is 0.633. The fourth-order valence-corrected chi connectivity index (χ4v) is 2.21. The highest BCUT2D eigenvalue weighted by atomic mass is 35.5. The Kier molecular flexibility index (Phi) is 6.25. The predicted molar refractivity (Wildman–Crippen MR) is 91.1 cm³/mol. The summed E-state index contributed by atoms with van der Waals surface area (Å²) in [6.07, 6.45) is -4.69. The first-order chi connectivity index (χ1) is 12.1. The highest BCUT2D eigenvalue weighted by Gasteiger charge is 2.34. The number of alkyl halides is 3. The molecular formula is C16H17ClF4N4O. The molecule has 10 heteroatoms. The number of benzene rings is 1. The third-order valence-corrected chi connectivity index (χ3v) is 3.81. The number of aromatic nitrogens is 2. The normalized spacial score (nSPS) is 13.0. The average Bonchev–Trinajstić information content (AvgIpc) is 2.55. The first kappa shape index (κ1) is 20.2. The predicted octanol–water partition coefficient (Wildman–Crippen LogP) is 4.46. The van der Waals surface area contributed by atoms with Gasteiger partial charge in [0.25, 0.3) is 0 Å². The van der Waals surface area contributed by atoms with Gasteiger partial charge in [-0.15, -0.1) is 0 Å². The second-order valence-electron chi connectivity index (χ2n) is 5.89. The third kappa shape index (κ3) is 5.18. The Labute approximate surface area is 152 Å². The summed E-state index contributed by atoms with van der Waals surface area (Å²) >= 11 is 5.67. The number of halogens is 5. The number of hydrogen-bond donors (Lipinski definition) is 3. The fourth-order valence-electron chi connectivity index (χ4n) is 2.03. The molecule has 142 valence electrons. The van der Waals surface area contributed by atoms with Crippen molar-refractivity contribution in [2.45, 2.75) is 26.1 Å². The van der Waals surface area contributed by atoms with Crippen LogP contribution in [0.3, 0.4) is 0 Å². The molecule has 0 aliphatic heterocycles. The molecule has 0 spiro atoms. The fraction of sp³-hybridized carbons (Fsp3) is 0.375. The SMILES string of the molecule is CC(C)[C@H](CO)Nc1nc(Nc2ccc(F)c(Cl)c2)cc(C(F)(F)F)n1. The first-order valence-corrected chi connectivity index (χ1v) is 8.03. The summed E-state index contributed by atoms with van der Waals surface area (Å²) in [5.41, 5.74) is -0.900. The van der Waals surface area contributed by atoms with E-state index in [-0.39, 0.29) is 35.0 Å². The van der Waals surface area contributed by atoms with Crippen LogP contribution in [0.2, 0.25) is 5.02 Å². The molecule has 0 unspecified atom stereocenters. The van der Waals surface area contributed by atoms with Crippen molar-refractivity contribution in [1.29, 1.82) is 0 Å². The van der Waals surface area contributed by atoms with Crippen molar-refractivity contribution >= 4 is 29.1 Å². The van der Waals surface area contributed by atoms with Crippen LogP contribution in [0, 0.1) is 11.7 Å². The lowest BCUT2D eigenvalue weighted by Crippen LogP contribution is -2.30. The number of aliphatic hydroxyl groups excluding tert-OH is 1. The largest absolute Gasteiger partial charge is 0.433 e. The Morgan fingerprint density at radius 1 is 1.19 bits per heavy atom. The average molecular weight is 393 g/mol. The van der Waals surface area contributed by atoms with Gasteiger partial charge in [0.05, 0.1) is 17.7 Å². The van der Waals surface area contributed by atoms with E-state index in [1.165, 1.54) is 12.1 Å². The van der Waals surface area contributed by atoms with E-state index in [1.54, 1.807) is 13.8 Å². The van der Waals surface area contributed by atoms with Crippen LogP contribution >= 0.6 is 11.6 Å². The van der Waals surface area contributed by atoms with Gasteiger partial charge in [-0.25, -0.2) is 9.37 Å². The minimum Gasteiger partial charge on any atom is -0.394 e. The maximum atomic E-state index is 13.2. The summed E-state index contributed by atoms with van der Waals surface area (Å²) in [5.74, 6) is -1.16. The molecule has 2 rings (SSSR count). The molecule has 0 amide bonds. The third-order valence-electron chi connectivity index (χ3n) is 3.52. The summed E-state index contributed by atoms with van der Waals surface area (Å²) in [4.78, 5) is 7.45. The van der Waals surface area contributed by atoms with Crippen LogP contribution in [0.5, 0.6) is 0 Å². The van der Waals surface area contributed by atoms with E-state index in [1.807, 2.05) is 0 Å². The van der Waals surface area contributed by atoms with Crippen molar-refractivity contribution < 1.29 is 22.7 Å². The van der Waals surface area contributed by atoms with Gasteiger partial charge in [-0.1, -0.05) is 25.4 Å². The molecule has 2 aromatic rings. The number of rotatable bonds is 6. The highest BCUT2D eigenvalue weighted by Crippen LogP contribution is 2.31. The Bertz CT molecular complexity index is 770. The van der Waals surface area contributed by atoms with Gasteiger partial charge in [-0.2, -0.15) is 18.2 Å². The summed E-state index contributed by atoms with van der Waals surface area (Å²) < 4.78 is 52.6. The van der Waals surface area contributed by atoms with Crippen molar-refractivity contribution in [2.75, 3.05) is 17.2 Å². The highest BCUT2D eigenvalue weighted by molar-refractivity contribution is 6.31. The van der Waals surface area contributed by atoms with Crippen LogP contribution in [-0.4, -0.2) is 27.7 Å². The van der Waals surface area contributed by atoms with Crippen LogP contribution in [0.15, 0.2) is 24.3 Å². The van der Waals surface area contributed by atoms with Gasteiger partial charge in [0.15, 0.2) is 5.69 Å². The summed E-state index contributed by atoms with van der Waals surface area (Å²) in [5, 5.41) is 14.5. The molecule has 0 aliphatic carbocycles. The van der Waals surface area contributed by atoms with Crippen molar-refractivity contribution in [3.8, 4) is 0 Å². The lowest BCUT2D eigenvalue weighted by molar-refractivity contribution is -0.141. The minimum atomic E-state index is -4.69. The molecule has 0 aliphatic rings. The van der Waals surface area contributed by atoms with Crippen LogP contribution in [0.4, 0.5) is 35.0 Å². The van der Waals surface area contributed by atoms with Gasteiger partial charge in [0.2, 0.25) is 5.95 Å². The van der Waals surface area contributed by atoms with Gasteiger partial charge >= 0.3 is 6.18 Å². The first-order valence-electron chi connectivity index (χ1n) is 7.66. The minimum absolute atomic E-state index is 0.0644. The molecule has 1 atom stereocenters. The standard InChI is InChI=1S/C16H17ClF4N4O/c1-8(2)12(7-26)23-15-24-13(16(19,20)21)6-14(25-15)22-9-3-4-11(18)10(17)5-9/h3-6,8,12,26H,7H2,1-2H3,(H2,22,23,24,25)/t12-/m0/s1. The van der Waals surface area contributed by atoms with Crippen molar-refractivity contribution in [3.05, 3.63) is 40.8 Å². The topological polar surface area (TPSA) is 70.1 Å². The molecule has 3 N–H and O–H groups in total. The Balaban J connectivity index is 2.38. The summed E-state index contributed by atoms with van der Waals surface area (Å²) in [6.45, 7) is 3.29. The Morgan fingerprint density at radius 3 is 2.42 bits per heavy atom. The van der Waals surface area contributed by atoms with Gasteiger partial charge in [-0.3, -0.25) is 0 Å². The molecule has 0 fully saturated rings. The van der Waals surface area contributed by atoms with Crippen LogP contribution < -0.4 is 10.6 Å². The zero-order valence-corrected chi connectivity index (χ0v) is 14.7. The summed E-state index contributed by atoms with van der Waals surface area (Å²) in [7, 11) is 0. The molecule has 1 aromatic carbocycles. The molecule has 0 bridgehead atoms. The maximum Gasteiger partial charge on any atom is 0.433 e.